The maximum atomic E-state index is 5.38. The maximum Gasteiger partial charge on any atom is 0.237 e. The number of hydrogen-bond donors (Lipinski definition) is 1. The van der Waals surface area contributed by atoms with Crippen molar-refractivity contribution in [2.45, 2.75) is 16.7 Å². The summed E-state index contributed by atoms with van der Waals surface area (Å²) in [4.78, 5) is 7.90. The van der Waals surface area contributed by atoms with Gasteiger partial charge in [-0.2, -0.15) is 4.98 Å². The minimum absolute atomic E-state index is 0. The molecule has 126 valence electrons. The molecule has 1 aromatic carbocycles. The highest BCUT2D eigenvalue weighted by atomic mass is 35.5. The Morgan fingerprint density at radius 3 is 3.13 bits per heavy atom. The van der Waals surface area contributed by atoms with Gasteiger partial charge in [0, 0.05) is 24.5 Å². The van der Waals surface area contributed by atoms with Crippen molar-refractivity contribution in [2.24, 2.45) is 0 Å². The lowest BCUT2D eigenvalue weighted by molar-refractivity contribution is 0.190. The van der Waals surface area contributed by atoms with E-state index in [2.05, 4.69) is 27.4 Å². The highest BCUT2D eigenvalue weighted by Gasteiger charge is 2.25. The van der Waals surface area contributed by atoms with Gasteiger partial charge < -0.3 is 14.6 Å². The van der Waals surface area contributed by atoms with Crippen molar-refractivity contribution < 1.29 is 9.26 Å². The Hall–Kier alpha value is -1.28. The molecule has 23 heavy (non-hydrogen) atoms. The Balaban J connectivity index is 0.00000192. The van der Waals surface area contributed by atoms with Crippen LogP contribution in [0.2, 0.25) is 0 Å². The number of benzene rings is 1. The second-order valence-electron chi connectivity index (χ2n) is 5.21. The lowest BCUT2D eigenvalue weighted by Crippen LogP contribution is -2.44. The summed E-state index contributed by atoms with van der Waals surface area (Å²) < 4.78 is 10.6. The average Bonchev–Trinajstić information content (AvgIpc) is 3.02. The first-order valence-corrected chi connectivity index (χ1v) is 8.25. The molecule has 3 rings (SSSR count). The Labute approximate surface area is 146 Å². The Kier molecular flexibility index (Phi) is 6.71. The van der Waals surface area contributed by atoms with Gasteiger partial charge in [0.2, 0.25) is 5.89 Å². The van der Waals surface area contributed by atoms with Gasteiger partial charge >= 0.3 is 0 Å². The number of piperazine rings is 1. The molecular weight excluding hydrogens is 336 g/mol. The summed E-state index contributed by atoms with van der Waals surface area (Å²) in [6.07, 6.45) is 0. The standard InChI is InChI=1S/C15H20N4O2S.ClH/c1-19-7-6-16-9-13(19)15-17-14(21-18-15)10-22-12-5-3-4-11(8-12)20-2;/h3-5,8,13,16H,6-7,9-10H2,1-2H3;1H. The molecule has 0 spiro atoms. The van der Waals surface area contributed by atoms with Crippen molar-refractivity contribution in [2.75, 3.05) is 33.8 Å². The van der Waals surface area contributed by atoms with E-state index in [0.29, 0.717) is 11.6 Å². The molecule has 1 saturated heterocycles. The minimum atomic E-state index is 0. The second-order valence-corrected chi connectivity index (χ2v) is 6.26. The number of aromatic nitrogens is 2. The molecule has 1 unspecified atom stereocenters. The van der Waals surface area contributed by atoms with Crippen LogP contribution in [0.15, 0.2) is 33.7 Å². The van der Waals surface area contributed by atoms with E-state index in [4.69, 9.17) is 9.26 Å². The van der Waals surface area contributed by atoms with Crippen LogP contribution < -0.4 is 10.1 Å². The molecule has 0 aliphatic carbocycles. The van der Waals surface area contributed by atoms with Crippen LogP contribution in [0.25, 0.3) is 0 Å². The van der Waals surface area contributed by atoms with E-state index in [1.807, 2.05) is 24.3 Å². The van der Waals surface area contributed by atoms with Gasteiger partial charge in [0.25, 0.3) is 0 Å². The summed E-state index contributed by atoms with van der Waals surface area (Å²) in [7, 11) is 3.76. The van der Waals surface area contributed by atoms with E-state index >= 15 is 0 Å². The fourth-order valence-corrected chi connectivity index (χ4v) is 3.17. The fourth-order valence-electron chi connectivity index (χ4n) is 2.39. The van der Waals surface area contributed by atoms with E-state index in [0.717, 1.165) is 36.1 Å². The van der Waals surface area contributed by atoms with Crippen molar-refractivity contribution in [1.29, 1.82) is 0 Å². The van der Waals surface area contributed by atoms with Gasteiger partial charge in [0.05, 0.1) is 18.9 Å². The highest BCUT2D eigenvalue weighted by molar-refractivity contribution is 7.98. The van der Waals surface area contributed by atoms with E-state index in [-0.39, 0.29) is 18.4 Å². The quantitative estimate of drug-likeness (QED) is 0.825. The predicted octanol–water partition coefficient (Wildman–Crippen LogP) is 2.37. The van der Waals surface area contributed by atoms with Gasteiger partial charge in [-0.3, -0.25) is 4.90 Å². The van der Waals surface area contributed by atoms with Gasteiger partial charge in [-0.1, -0.05) is 11.2 Å². The number of halogens is 1. The molecule has 1 aliphatic heterocycles. The summed E-state index contributed by atoms with van der Waals surface area (Å²) >= 11 is 1.66. The summed E-state index contributed by atoms with van der Waals surface area (Å²) in [5.74, 6) is 2.92. The topological polar surface area (TPSA) is 63.4 Å². The number of nitrogens with one attached hydrogen (secondary N) is 1. The number of rotatable bonds is 5. The van der Waals surface area contributed by atoms with E-state index in [1.165, 1.54) is 0 Å². The Morgan fingerprint density at radius 1 is 1.48 bits per heavy atom. The van der Waals surface area contributed by atoms with Crippen LogP contribution in [-0.2, 0) is 5.75 Å². The molecule has 0 saturated carbocycles. The Morgan fingerprint density at radius 2 is 2.35 bits per heavy atom. The van der Waals surface area contributed by atoms with Crippen LogP contribution >= 0.6 is 24.2 Å². The van der Waals surface area contributed by atoms with Gasteiger partial charge in [0.15, 0.2) is 5.82 Å². The van der Waals surface area contributed by atoms with Crippen LogP contribution in [0.1, 0.15) is 17.8 Å². The third-order valence-electron chi connectivity index (χ3n) is 3.70. The van der Waals surface area contributed by atoms with Crippen LogP contribution in [0.4, 0.5) is 0 Å². The average molecular weight is 357 g/mol. The number of methoxy groups -OCH3 is 1. The van der Waals surface area contributed by atoms with Crippen molar-refractivity contribution in [3.8, 4) is 5.75 Å². The van der Waals surface area contributed by atoms with Crippen molar-refractivity contribution in [1.82, 2.24) is 20.4 Å². The van der Waals surface area contributed by atoms with Gasteiger partial charge in [-0.25, -0.2) is 0 Å². The molecule has 1 N–H and O–H groups in total. The number of hydrogen-bond acceptors (Lipinski definition) is 7. The van der Waals surface area contributed by atoms with E-state index in [9.17, 15) is 0 Å². The smallest absolute Gasteiger partial charge is 0.237 e. The molecular formula is C15H21ClN4O2S. The zero-order valence-electron chi connectivity index (χ0n) is 13.2. The van der Waals surface area contributed by atoms with Gasteiger partial charge in [0.1, 0.15) is 5.75 Å². The summed E-state index contributed by atoms with van der Waals surface area (Å²) in [5, 5.41) is 7.49. The number of thioether (sulfide) groups is 1. The normalized spacial score (nSPS) is 18.4. The molecule has 0 bridgehead atoms. The van der Waals surface area contributed by atoms with Crippen LogP contribution in [0.5, 0.6) is 5.75 Å². The molecule has 0 amide bonds. The zero-order chi connectivity index (χ0) is 15.4. The number of nitrogens with zero attached hydrogens (tertiary/aromatic N) is 3. The van der Waals surface area contributed by atoms with Crippen molar-refractivity contribution in [3.63, 3.8) is 0 Å². The van der Waals surface area contributed by atoms with E-state index in [1.54, 1.807) is 18.9 Å². The molecule has 6 nitrogen and oxygen atoms in total. The number of likely N-dealkylation sites (N-methyl/N-ethyl adjacent to an activating group) is 1. The van der Waals surface area contributed by atoms with E-state index < -0.39 is 0 Å². The molecule has 1 atom stereocenters. The van der Waals surface area contributed by atoms with Crippen molar-refractivity contribution in [3.05, 3.63) is 36.0 Å². The van der Waals surface area contributed by atoms with Gasteiger partial charge in [-0.15, -0.1) is 24.2 Å². The molecule has 8 heteroatoms. The third-order valence-corrected chi connectivity index (χ3v) is 4.67. The SMILES string of the molecule is COc1cccc(SCc2nc(C3CNCCN3C)no2)c1.Cl. The first kappa shape index (κ1) is 18.1. The minimum Gasteiger partial charge on any atom is -0.497 e. The van der Waals surface area contributed by atoms with Crippen LogP contribution in [0.3, 0.4) is 0 Å². The summed E-state index contributed by atoms with van der Waals surface area (Å²) in [5.41, 5.74) is 0. The maximum absolute atomic E-state index is 5.38. The molecule has 1 aliphatic rings. The summed E-state index contributed by atoms with van der Waals surface area (Å²) in [6.45, 7) is 2.86. The molecule has 2 heterocycles. The molecule has 0 radical (unpaired) electrons. The van der Waals surface area contributed by atoms with Gasteiger partial charge in [-0.05, 0) is 25.2 Å². The highest BCUT2D eigenvalue weighted by Crippen LogP contribution is 2.26. The predicted molar refractivity (Wildman–Crippen MR) is 92.3 cm³/mol. The third kappa shape index (κ3) is 4.60. The van der Waals surface area contributed by atoms with Crippen LogP contribution in [-0.4, -0.2) is 48.8 Å². The summed E-state index contributed by atoms with van der Waals surface area (Å²) in [6, 6.07) is 8.14. The zero-order valence-corrected chi connectivity index (χ0v) is 14.8. The number of ether oxygens (including phenoxy) is 1. The Bertz CT molecular complexity index is 625. The second kappa shape index (κ2) is 8.54. The lowest BCUT2D eigenvalue weighted by Gasteiger charge is -2.30. The fraction of sp³-hybridized carbons (Fsp3) is 0.467. The molecule has 1 fully saturated rings. The molecule has 1 aromatic heterocycles. The largest absolute Gasteiger partial charge is 0.497 e. The van der Waals surface area contributed by atoms with Crippen LogP contribution in [0, 0.1) is 0 Å². The lowest BCUT2D eigenvalue weighted by atomic mass is 10.2. The van der Waals surface area contributed by atoms with Crippen molar-refractivity contribution >= 4 is 24.2 Å². The monoisotopic (exact) mass is 356 g/mol. The first-order chi connectivity index (χ1) is 10.8. The first-order valence-electron chi connectivity index (χ1n) is 7.26. The molecule has 2 aromatic rings.